The van der Waals surface area contributed by atoms with Crippen molar-refractivity contribution in [1.29, 1.82) is 0 Å². The Hall–Kier alpha value is -3.26. The van der Waals surface area contributed by atoms with Crippen LogP contribution in [0.25, 0.3) is 0 Å². The van der Waals surface area contributed by atoms with Crippen molar-refractivity contribution in [2.75, 3.05) is 31.1 Å². The lowest BCUT2D eigenvalue weighted by Crippen LogP contribution is -2.49. The van der Waals surface area contributed by atoms with Crippen LogP contribution < -0.4 is 4.90 Å². The summed E-state index contributed by atoms with van der Waals surface area (Å²) in [7, 11) is -3.48. The van der Waals surface area contributed by atoms with E-state index in [-0.39, 0.29) is 22.5 Å². The number of benzene rings is 2. The third-order valence-corrected chi connectivity index (χ3v) is 7.60. The average molecular weight is 479 g/mol. The van der Waals surface area contributed by atoms with Crippen LogP contribution >= 0.6 is 0 Å². The van der Waals surface area contributed by atoms with Crippen molar-refractivity contribution >= 4 is 21.6 Å². The molecule has 1 aliphatic rings. The van der Waals surface area contributed by atoms with Gasteiger partial charge in [-0.1, -0.05) is 44.2 Å². The monoisotopic (exact) mass is 478 g/mol. The molecule has 178 valence electrons. The highest BCUT2D eigenvalue weighted by Gasteiger charge is 2.24. The van der Waals surface area contributed by atoms with Crippen molar-refractivity contribution in [3.05, 3.63) is 83.3 Å². The predicted octanol–water partition coefficient (Wildman–Crippen LogP) is 3.84. The van der Waals surface area contributed by atoms with Gasteiger partial charge in [-0.25, -0.2) is 18.4 Å². The zero-order valence-corrected chi connectivity index (χ0v) is 20.6. The van der Waals surface area contributed by atoms with Crippen LogP contribution in [0, 0.1) is 6.92 Å². The number of aromatic nitrogens is 2. The molecule has 0 radical (unpaired) electrons. The summed E-state index contributed by atoms with van der Waals surface area (Å²) in [6, 6.07) is 17.3. The average Bonchev–Trinajstić information content (AvgIpc) is 2.84. The minimum absolute atomic E-state index is 0.0830. The third-order valence-electron chi connectivity index (χ3n) is 5.90. The molecule has 0 unspecified atom stereocenters. The number of aryl methyl sites for hydroxylation is 1. The van der Waals surface area contributed by atoms with E-state index in [0.29, 0.717) is 37.3 Å². The normalized spacial score (nSPS) is 14.5. The molecule has 0 spiro atoms. The van der Waals surface area contributed by atoms with Crippen LogP contribution in [0.5, 0.6) is 0 Å². The molecule has 7 nitrogen and oxygen atoms in total. The van der Waals surface area contributed by atoms with Gasteiger partial charge in [0.05, 0.1) is 10.6 Å². The molecule has 2 aromatic carbocycles. The standard InChI is InChI=1S/C26H30N4O3S/c1-19(2)25-27-20(3)16-24(28-25)29-12-14-30(15-13-29)26(31)22-9-7-8-21(17-22)18-34(32,33)23-10-5-4-6-11-23/h4-11,16-17,19H,12-15,18H2,1-3H3. The Bertz CT molecular complexity index is 1270. The second kappa shape index (κ2) is 9.93. The van der Waals surface area contributed by atoms with E-state index in [2.05, 4.69) is 23.7 Å². The summed E-state index contributed by atoms with van der Waals surface area (Å²) in [6.07, 6.45) is 0. The number of hydrogen-bond acceptors (Lipinski definition) is 6. The fourth-order valence-corrected chi connectivity index (χ4v) is 5.40. The predicted molar refractivity (Wildman–Crippen MR) is 133 cm³/mol. The van der Waals surface area contributed by atoms with Crippen LogP contribution in [0.1, 0.15) is 47.2 Å². The van der Waals surface area contributed by atoms with Gasteiger partial charge in [-0.15, -0.1) is 0 Å². The quantitative estimate of drug-likeness (QED) is 0.535. The maximum atomic E-state index is 13.2. The van der Waals surface area contributed by atoms with Crippen LogP contribution in [0.4, 0.5) is 5.82 Å². The number of amides is 1. The lowest BCUT2D eigenvalue weighted by molar-refractivity contribution is 0.0746. The Balaban J connectivity index is 1.43. The molecule has 0 atom stereocenters. The Morgan fingerprint density at radius 2 is 1.65 bits per heavy atom. The first-order valence-corrected chi connectivity index (χ1v) is 13.1. The molecule has 8 heteroatoms. The minimum Gasteiger partial charge on any atom is -0.353 e. The van der Waals surface area contributed by atoms with Gasteiger partial charge in [0.1, 0.15) is 11.6 Å². The number of anilines is 1. The smallest absolute Gasteiger partial charge is 0.253 e. The van der Waals surface area contributed by atoms with Gasteiger partial charge >= 0.3 is 0 Å². The Labute approximate surface area is 201 Å². The topological polar surface area (TPSA) is 83.5 Å². The van der Waals surface area contributed by atoms with Crippen LogP contribution in [0.15, 0.2) is 65.6 Å². The molecule has 1 aromatic heterocycles. The molecule has 0 bridgehead atoms. The van der Waals surface area contributed by atoms with Crippen molar-refractivity contribution in [3.63, 3.8) is 0 Å². The highest BCUT2D eigenvalue weighted by Crippen LogP contribution is 2.21. The largest absolute Gasteiger partial charge is 0.353 e. The van der Waals surface area contributed by atoms with E-state index in [1.807, 2.05) is 17.9 Å². The number of piperazine rings is 1. The van der Waals surface area contributed by atoms with Crippen LogP contribution in [-0.4, -0.2) is 55.4 Å². The first kappa shape index (κ1) is 23.9. The molecule has 4 rings (SSSR count). The molecule has 0 saturated carbocycles. The van der Waals surface area contributed by atoms with Crippen LogP contribution in [-0.2, 0) is 15.6 Å². The first-order chi connectivity index (χ1) is 16.2. The second-order valence-corrected chi connectivity index (χ2v) is 10.9. The highest BCUT2D eigenvalue weighted by atomic mass is 32.2. The molecular weight excluding hydrogens is 448 g/mol. The fraction of sp³-hybridized carbons (Fsp3) is 0.346. The molecule has 1 aliphatic heterocycles. The van der Waals surface area contributed by atoms with Gasteiger partial charge < -0.3 is 9.80 Å². The maximum absolute atomic E-state index is 13.2. The fourth-order valence-electron chi connectivity index (χ4n) is 4.04. The Morgan fingerprint density at radius 3 is 2.32 bits per heavy atom. The minimum atomic E-state index is -3.48. The van der Waals surface area contributed by atoms with Crippen LogP contribution in [0.2, 0.25) is 0 Å². The molecule has 1 saturated heterocycles. The molecular formula is C26H30N4O3S. The van der Waals surface area contributed by atoms with E-state index < -0.39 is 9.84 Å². The lowest BCUT2D eigenvalue weighted by atomic mass is 10.1. The van der Waals surface area contributed by atoms with Gasteiger partial charge in [-0.3, -0.25) is 4.79 Å². The number of rotatable bonds is 6. The zero-order chi connectivity index (χ0) is 24.3. The van der Waals surface area contributed by atoms with Crippen molar-refractivity contribution in [2.45, 2.75) is 37.3 Å². The van der Waals surface area contributed by atoms with E-state index >= 15 is 0 Å². The van der Waals surface area contributed by atoms with Gasteiger partial charge in [-0.05, 0) is 36.8 Å². The summed E-state index contributed by atoms with van der Waals surface area (Å²) in [5, 5.41) is 0. The SMILES string of the molecule is Cc1cc(N2CCN(C(=O)c3cccc(CS(=O)(=O)c4ccccc4)c3)CC2)nc(C(C)C)n1. The highest BCUT2D eigenvalue weighted by molar-refractivity contribution is 7.90. The van der Waals surface area contributed by atoms with Gasteiger partial charge in [0.15, 0.2) is 9.84 Å². The Morgan fingerprint density at radius 1 is 0.941 bits per heavy atom. The van der Waals surface area contributed by atoms with Gasteiger partial charge in [0.25, 0.3) is 5.91 Å². The summed E-state index contributed by atoms with van der Waals surface area (Å²) in [4.78, 5) is 26.7. The Kier molecular flexibility index (Phi) is 6.97. The van der Waals surface area contributed by atoms with E-state index in [9.17, 15) is 13.2 Å². The first-order valence-electron chi connectivity index (χ1n) is 11.5. The number of nitrogens with zero attached hydrogens (tertiary/aromatic N) is 4. The van der Waals surface area contributed by atoms with E-state index in [0.717, 1.165) is 17.3 Å². The molecule has 1 amide bonds. The van der Waals surface area contributed by atoms with E-state index in [1.54, 1.807) is 54.6 Å². The molecule has 2 heterocycles. The van der Waals surface area contributed by atoms with E-state index in [4.69, 9.17) is 4.98 Å². The number of carbonyl (C=O) groups is 1. The van der Waals surface area contributed by atoms with Crippen LogP contribution in [0.3, 0.4) is 0 Å². The summed E-state index contributed by atoms with van der Waals surface area (Å²) in [5.41, 5.74) is 2.05. The van der Waals surface area contributed by atoms with E-state index in [1.165, 1.54) is 0 Å². The van der Waals surface area contributed by atoms with Gasteiger partial charge in [0, 0.05) is 49.4 Å². The van der Waals surface area contributed by atoms with Crippen molar-refractivity contribution < 1.29 is 13.2 Å². The van der Waals surface area contributed by atoms with Crippen molar-refractivity contribution in [3.8, 4) is 0 Å². The summed E-state index contributed by atoms with van der Waals surface area (Å²) < 4.78 is 25.5. The molecule has 1 fully saturated rings. The van der Waals surface area contributed by atoms with Crippen molar-refractivity contribution in [2.24, 2.45) is 0 Å². The number of sulfone groups is 1. The molecule has 34 heavy (non-hydrogen) atoms. The summed E-state index contributed by atoms with van der Waals surface area (Å²) in [6.45, 7) is 8.64. The zero-order valence-electron chi connectivity index (χ0n) is 19.8. The molecule has 3 aromatic rings. The lowest BCUT2D eigenvalue weighted by Gasteiger charge is -2.35. The van der Waals surface area contributed by atoms with Gasteiger partial charge in [0.2, 0.25) is 0 Å². The summed E-state index contributed by atoms with van der Waals surface area (Å²) in [5.74, 6) is 1.75. The van der Waals surface area contributed by atoms with Gasteiger partial charge in [-0.2, -0.15) is 0 Å². The number of hydrogen-bond donors (Lipinski definition) is 0. The molecule has 0 aliphatic carbocycles. The second-order valence-electron chi connectivity index (χ2n) is 8.93. The summed E-state index contributed by atoms with van der Waals surface area (Å²) >= 11 is 0. The van der Waals surface area contributed by atoms with Crippen molar-refractivity contribution in [1.82, 2.24) is 14.9 Å². The number of carbonyl (C=O) groups excluding carboxylic acids is 1. The molecule has 0 N–H and O–H groups in total. The maximum Gasteiger partial charge on any atom is 0.253 e. The third kappa shape index (κ3) is 5.44.